The van der Waals surface area contributed by atoms with Crippen molar-refractivity contribution < 1.29 is 4.74 Å². The molecule has 0 radical (unpaired) electrons. The van der Waals surface area contributed by atoms with Gasteiger partial charge in [0.2, 0.25) is 0 Å². The van der Waals surface area contributed by atoms with Crippen molar-refractivity contribution in [3.05, 3.63) is 179 Å². The molecular formula is C46H25N3OS. The van der Waals surface area contributed by atoms with Crippen molar-refractivity contribution in [2.75, 3.05) is 0 Å². The molecule has 0 unspecified atom stereocenters. The Balaban J connectivity index is 1.31. The van der Waals surface area contributed by atoms with Crippen molar-refractivity contribution in [2.24, 2.45) is 0 Å². The Morgan fingerprint density at radius 2 is 1.27 bits per heavy atom. The van der Waals surface area contributed by atoms with Crippen LogP contribution in [0.4, 0.5) is 0 Å². The number of hydrogen-bond donors (Lipinski definition) is 0. The topological polar surface area (TPSA) is 58.8 Å². The summed E-state index contributed by atoms with van der Waals surface area (Å²) in [5.41, 5.74) is 10.7. The van der Waals surface area contributed by atoms with E-state index in [1.165, 1.54) is 33.0 Å². The fourth-order valence-corrected chi connectivity index (χ4v) is 9.61. The smallest absolute Gasteiger partial charge is 0.160 e. The Hall–Kier alpha value is -6.61. The Morgan fingerprint density at radius 3 is 2.08 bits per heavy atom. The molecule has 9 aromatic rings. The van der Waals surface area contributed by atoms with Crippen LogP contribution in [0.5, 0.6) is 11.5 Å². The minimum Gasteiger partial charge on any atom is -0.457 e. The molecule has 0 atom stereocenters. The first-order chi connectivity index (χ1) is 25.2. The average molecular weight is 668 g/mol. The van der Waals surface area contributed by atoms with E-state index < -0.39 is 5.41 Å². The molecule has 7 aromatic carbocycles. The lowest BCUT2D eigenvalue weighted by Gasteiger charge is -2.39. The summed E-state index contributed by atoms with van der Waals surface area (Å²) in [6.07, 6.45) is 0. The summed E-state index contributed by atoms with van der Waals surface area (Å²) in [4.78, 5) is 10.6. The summed E-state index contributed by atoms with van der Waals surface area (Å²) in [5.74, 6) is 2.33. The standard InChI is InChI=1S/C46H25N3OS/c47-26-27-11-9-14-30(23-27)45-48-42-31-15-3-8-22-40(31)51-44(42)43(49-45)32-16-10-19-36-41(32)33-24-28-12-1-2-13-29(28)25-37(33)46(36)34-17-4-6-20-38(34)50-39-21-7-5-18-35(39)46/h1-25H. The zero-order valence-corrected chi connectivity index (χ0v) is 27.9. The van der Waals surface area contributed by atoms with Crippen LogP contribution in [0, 0.1) is 11.3 Å². The zero-order valence-electron chi connectivity index (χ0n) is 27.1. The third-order valence-electron chi connectivity index (χ3n) is 10.6. The fraction of sp³-hybridized carbons (Fsp3) is 0.0217. The second kappa shape index (κ2) is 10.4. The quantitative estimate of drug-likeness (QED) is 0.184. The molecule has 51 heavy (non-hydrogen) atoms. The predicted molar refractivity (Wildman–Crippen MR) is 205 cm³/mol. The molecule has 0 bridgehead atoms. The molecule has 1 aliphatic carbocycles. The predicted octanol–water partition coefficient (Wildman–Crippen LogP) is 11.7. The summed E-state index contributed by atoms with van der Waals surface area (Å²) < 4.78 is 8.83. The second-order valence-corrected chi connectivity index (χ2v) is 14.2. The van der Waals surface area contributed by atoms with Crippen LogP contribution in [0.1, 0.15) is 27.8 Å². The molecule has 11 rings (SSSR count). The van der Waals surface area contributed by atoms with Crippen molar-refractivity contribution in [1.82, 2.24) is 9.97 Å². The molecule has 0 saturated carbocycles. The summed E-state index contributed by atoms with van der Waals surface area (Å²) in [5, 5.41) is 13.2. The minimum atomic E-state index is -0.619. The van der Waals surface area contributed by atoms with Gasteiger partial charge >= 0.3 is 0 Å². The first-order valence-corrected chi connectivity index (χ1v) is 17.8. The van der Waals surface area contributed by atoms with Gasteiger partial charge in [-0.3, -0.25) is 0 Å². The molecule has 0 amide bonds. The van der Waals surface area contributed by atoms with Crippen LogP contribution in [0.2, 0.25) is 0 Å². The van der Waals surface area contributed by atoms with E-state index in [0.29, 0.717) is 11.4 Å². The minimum absolute atomic E-state index is 0.577. The normalized spacial score (nSPS) is 13.4. The highest BCUT2D eigenvalue weighted by Crippen LogP contribution is 2.64. The number of aromatic nitrogens is 2. The molecule has 0 saturated heterocycles. The van der Waals surface area contributed by atoms with E-state index in [0.717, 1.165) is 59.7 Å². The van der Waals surface area contributed by atoms with Crippen molar-refractivity contribution in [3.63, 3.8) is 0 Å². The third kappa shape index (κ3) is 3.83. The number of nitrogens with zero attached hydrogens (tertiary/aromatic N) is 3. The van der Waals surface area contributed by atoms with E-state index in [4.69, 9.17) is 14.7 Å². The molecule has 236 valence electrons. The van der Waals surface area contributed by atoms with Gasteiger partial charge in [0, 0.05) is 32.3 Å². The van der Waals surface area contributed by atoms with Gasteiger partial charge < -0.3 is 4.74 Å². The summed E-state index contributed by atoms with van der Waals surface area (Å²) in [6, 6.07) is 55.3. The first-order valence-electron chi connectivity index (χ1n) is 17.0. The SMILES string of the molecule is N#Cc1cccc(-c2nc(-c3cccc4c3-c3cc5ccccc5cc3C43c4ccccc4Oc4ccccc43)c3sc4ccccc4c3n2)c1. The van der Waals surface area contributed by atoms with E-state index >= 15 is 0 Å². The molecule has 3 heterocycles. The molecule has 0 N–H and O–H groups in total. The first kappa shape index (κ1) is 28.3. The monoisotopic (exact) mass is 667 g/mol. The lowest BCUT2D eigenvalue weighted by molar-refractivity contribution is 0.436. The van der Waals surface area contributed by atoms with Crippen molar-refractivity contribution >= 4 is 42.4 Å². The van der Waals surface area contributed by atoms with Gasteiger partial charge in [-0.25, -0.2) is 9.97 Å². The highest BCUT2D eigenvalue weighted by atomic mass is 32.1. The van der Waals surface area contributed by atoms with Crippen LogP contribution >= 0.6 is 11.3 Å². The summed E-state index contributed by atoms with van der Waals surface area (Å²) in [6.45, 7) is 0. The van der Waals surface area contributed by atoms with E-state index in [1.54, 1.807) is 11.3 Å². The molecule has 4 nitrogen and oxygen atoms in total. The average Bonchev–Trinajstić information content (AvgIpc) is 3.70. The molecule has 2 aliphatic rings. The lowest BCUT2D eigenvalue weighted by atomic mass is 9.66. The lowest BCUT2D eigenvalue weighted by Crippen LogP contribution is -2.32. The van der Waals surface area contributed by atoms with Gasteiger partial charge in [-0.05, 0) is 75.5 Å². The molecule has 1 aliphatic heterocycles. The van der Waals surface area contributed by atoms with Gasteiger partial charge in [-0.15, -0.1) is 11.3 Å². The van der Waals surface area contributed by atoms with Gasteiger partial charge in [-0.2, -0.15) is 5.26 Å². The maximum Gasteiger partial charge on any atom is 0.160 e. The third-order valence-corrected chi connectivity index (χ3v) is 11.7. The van der Waals surface area contributed by atoms with Gasteiger partial charge in [0.15, 0.2) is 5.82 Å². The highest BCUT2D eigenvalue weighted by Gasteiger charge is 2.52. The largest absolute Gasteiger partial charge is 0.457 e. The summed E-state index contributed by atoms with van der Waals surface area (Å²) in [7, 11) is 0. The van der Waals surface area contributed by atoms with Gasteiger partial charge in [0.25, 0.3) is 0 Å². The number of ether oxygens (including phenoxy) is 1. The number of hydrogen-bond acceptors (Lipinski definition) is 5. The Morgan fingerprint density at radius 1 is 0.588 bits per heavy atom. The van der Waals surface area contributed by atoms with E-state index in [2.05, 4.69) is 133 Å². The number of thiophene rings is 1. The van der Waals surface area contributed by atoms with Crippen molar-refractivity contribution in [3.8, 4) is 51.3 Å². The maximum atomic E-state index is 9.76. The van der Waals surface area contributed by atoms with Crippen molar-refractivity contribution in [2.45, 2.75) is 5.41 Å². The van der Waals surface area contributed by atoms with Crippen LogP contribution in [0.25, 0.3) is 64.8 Å². The van der Waals surface area contributed by atoms with Gasteiger partial charge in [-0.1, -0.05) is 109 Å². The Labute approximate surface area is 297 Å². The number of nitriles is 1. The number of benzene rings is 7. The Bertz CT molecular complexity index is 2940. The molecule has 5 heteroatoms. The Kier molecular flexibility index (Phi) is 5.79. The number of rotatable bonds is 2. The molecular weight excluding hydrogens is 643 g/mol. The van der Waals surface area contributed by atoms with Crippen molar-refractivity contribution in [1.29, 1.82) is 5.26 Å². The van der Waals surface area contributed by atoms with E-state index in [9.17, 15) is 5.26 Å². The molecule has 2 aromatic heterocycles. The van der Waals surface area contributed by atoms with Crippen LogP contribution in [-0.2, 0) is 5.41 Å². The fourth-order valence-electron chi connectivity index (χ4n) is 8.46. The van der Waals surface area contributed by atoms with Crippen LogP contribution in [-0.4, -0.2) is 9.97 Å². The van der Waals surface area contributed by atoms with E-state index in [-0.39, 0.29) is 0 Å². The van der Waals surface area contributed by atoms with Crippen LogP contribution < -0.4 is 4.74 Å². The van der Waals surface area contributed by atoms with Crippen LogP contribution in [0.15, 0.2) is 152 Å². The second-order valence-electron chi connectivity index (χ2n) is 13.2. The van der Waals surface area contributed by atoms with Gasteiger partial charge in [0.1, 0.15) is 11.5 Å². The van der Waals surface area contributed by atoms with Crippen LogP contribution in [0.3, 0.4) is 0 Å². The number of para-hydroxylation sites is 2. The zero-order chi connectivity index (χ0) is 33.7. The van der Waals surface area contributed by atoms with Gasteiger partial charge in [0.05, 0.1) is 33.0 Å². The number of fused-ring (bicyclic) bond motifs is 13. The summed E-state index contributed by atoms with van der Waals surface area (Å²) >= 11 is 1.73. The van der Waals surface area contributed by atoms with E-state index in [1.807, 2.05) is 24.3 Å². The maximum absolute atomic E-state index is 9.76. The highest BCUT2D eigenvalue weighted by molar-refractivity contribution is 7.26. The molecule has 1 spiro atoms. The molecule has 0 fully saturated rings.